The van der Waals surface area contributed by atoms with Crippen LogP contribution in [0.2, 0.25) is 5.02 Å². The molecule has 10 heteroatoms. The Morgan fingerprint density at radius 2 is 1.88 bits per heavy atom. The summed E-state index contributed by atoms with van der Waals surface area (Å²) in [6.45, 7) is 3.65. The molecule has 9 nitrogen and oxygen atoms in total. The van der Waals surface area contributed by atoms with Crippen molar-refractivity contribution in [1.29, 1.82) is 0 Å². The molecule has 0 fully saturated rings. The quantitative estimate of drug-likeness (QED) is 0.424. The predicted molar refractivity (Wildman–Crippen MR) is 125 cm³/mol. The zero-order valence-electron chi connectivity index (χ0n) is 17.7. The molecule has 1 amide bonds. The lowest BCUT2D eigenvalue weighted by atomic mass is 10.1. The minimum atomic E-state index is -0.382. The van der Waals surface area contributed by atoms with Crippen LogP contribution in [0, 0.1) is 13.8 Å². The van der Waals surface area contributed by atoms with Gasteiger partial charge in [0.1, 0.15) is 11.2 Å². The standard InChI is InChI=1S/C23H18ClN7O2/c1-13-6-3-4-9-17(13)21(32)26-19-10-14(2)29-31(19)23-27-20-18(22(33)28-23)12-25-30(20)16-8-5-7-15(24)11-16/h3-12H,1-2H3,(H,26,32)(H,27,28,33). The van der Waals surface area contributed by atoms with Crippen LogP contribution >= 0.6 is 11.6 Å². The highest BCUT2D eigenvalue weighted by Gasteiger charge is 2.18. The molecule has 5 rings (SSSR count). The Morgan fingerprint density at radius 1 is 1.06 bits per heavy atom. The number of anilines is 1. The molecule has 0 saturated heterocycles. The molecule has 164 valence electrons. The number of aromatic amines is 1. The van der Waals surface area contributed by atoms with Gasteiger partial charge < -0.3 is 5.32 Å². The number of nitrogens with zero attached hydrogens (tertiary/aromatic N) is 5. The highest BCUT2D eigenvalue weighted by Crippen LogP contribution is 2.20. The second-order valence-corrected chi connectivity index (χ2v) is 7.95. The molecule has 0 saturated carbocycles. The van der Waals surface area contributed by atoms with Gasteiger partial charge in [-0.15, -0.1) is 0 Å². The molecule has 0 unspecified atom stereocenters. The summed E-state index contributed by atoms with van der Waals surface area (Å²) in [6, 6.07) is 16.1. The molecule has 0 atom stereocenters. The molecule has 2 aromatic carbocycles. The molecular weight excluding hydrogens is 442 g/mol. The third-order valence-corrected chi connectivity index (χ3v) is 5.38. The zero-order chi connectivity index (χ0) is 23.1. The van der Waals surface area contributed by atoms with Crippen molar-refractivity contribution in [3.63, 3.8) is 0 Å². The topological polar surface area (TPSA) is 110 Å². The highest BCUT2D eigenvalue weighted by molar-refractivity contribution is 6.30. The van der Waals surface area contributed by atoms with Crippen molar-refractivity contribution in [2.45, 2.75) is 13.8 Å². The van der Waals surface area contributed by atoms with Crippen LogP contribution in [0.15, 0.2) is 65.6 Å². The van der Waals surface area contributed by atoms with E-state index in [1.165, 1.54) is 15.6 Å². The lowest BCUT2D eigenvalue weighted by Gasteiger charge is -2.10. The fraction of sp³-hybridized carbons (Fsp3) is 0.0870. The monoisotopic (exact) mass is 459 g/mol. The second-order valence-electron chi connectivity index (χ2n) is 7.51. The van der Waals surface area contributed by atoms with E-state index in [0.29, 0.717) is 38.8 Å². The minimum absolute atomic E-state index is 0.143. The molecular formula is C23H18ClN7O2. The molecule has 0 spiro atoms. The van der Waals surface area contributed by atoms with Gasteiger partial charge >= 0.3 is 0 Å². The van der Waals surface area contributed by atoms with E-state index in [0.717, 1.165) is 5.56 Å². The van der Waals surface area contributed by atoms with Crippen molar-refractivity contribution >= 4 is 34.4 Å². The van der Waals surface area contributed by atoms with Crippen LogP contribution < -0.4 is 10.9 Å². The van der Waals surface area contributed by atoms with Gasteiger partial charge in [-0.3, -0.25) is 14.6 Å². The van der Waals surface area contributed by atoms with Crippen LogP contribution in [-0.2, 0) is 0 Å². The summed E-state index contributed by atoms with van der Waals surface area (Å²) in [5.41, 5.74) is 2.63. The van der Waals surface area contributed by atoms with Gasteiger partial charge in [0.05, 0.1) is 17.6 Å². The van der Waals surface area contributed by atoms with Crippen molar-refractivity contribution in [1.82, 2.24) is 29.5 Å². The largest absolute Gasteiger partial charge is 0.306 e. The lowest BCUT2D eigenvalue weighted by Crippen LogP contribution is -2.19. The number of hydrogen-bond donors (Lipinski definition) is 2. The Kier molecular flexibility index (Phi) is 5.02. The first-order valence-corrected chi connectivity index (χ1v) is 10.5. The molecule has 3 heterocycles. The van der Waals surface area contributed by atoms with Crippen molar-refractivity contribution in [2.75, 3.05) is 5.32 Å². The maximum atomic E-state index is 12.9. The number of halogens is 1. The first-order chi connectivity index (χ1) is 15.9. The van der Waals surface area contributed by atoms with E-state index < -0.39 is 0 Å². The van der Waals surface area contributed by atoms with Crippen molar-refractivity contribution in [3.05, 3.63) is 93.0 Å². The Bertz CT molecular complexity index is 1580. The Morgan fingerprint density at radius 3 is 2.67 bits per heavy atom. The van der Waals surface area contributed by atoms with Crippen LogP contribution in [0.1, 0.15) is 21.6 Å². The van der Waals surface area contributed by atoms with E-state index >= 15 is 0 Å². The van der Waals surface area contributed by atoms with Crippen LogP contribution in [0.25, 0.3) is 22.7 Å². The van der Waals surface area contributed by atoms with Gasteiger partial charge in [-0.25, -0.2) is 4.68 Å². The average Bonchev–Trinajstić information content (AvgIpc) is 3.37. The molecule has 0 aliphatic heterocycles. The summed E-state index contributed by atoms with van der Waals surface area (Å²) >= 11 is 6.12. The average molecular weight is 460 g/mol. The van der Waals surface area contributed by atoms with Crippen molar-refractivity contribution in [2.24, 2.45) is 0 Å². The molecule has 5 aromatic rings. The number of benzene rings is 2. The highest BCUT2D eigenvalue weighted by atomic mass is 35.5. The van der Waals surface area contributed by atoms with Crippen LogP contribution in [0.5, 0.6) is 0 Å². The minimum Gasteiger partial charge on any atom is -0.306 e. The van der Waals surface area contributed by atoms with Crippen LogP contribution in [0.4, 0.5) is 5.82 Å². The Balaban J connectivity index is 1.60. The summed E-state index contributed by atoms with van der Waals surface area (Å²) in [4.78, 5) is 33.0. The van der Waals surface area contributed by atoms with Gasteiger partial charge in [0, 0.05) is 16.7 Å². The summed E-state index contributed by atoms with van der Waals surface area (Å²) in [7, 11) is 0. The summed E-state index contributed by atoms with van der Waals surface area (Å²) in [6.07, 6.45) is 1.45. The van der Waals surface area contributed by atoms with E-state index in [1.54, 1.807) is 43.3 Å². The first-order valence-electron chi connectivity index (χ1n) is 10.1. The third-order valence-electron chi connectivity index (χ3n) is 5.14. The van der Waals surface area contributed by atoms with Gasteiger partial charge in [0.15, 0.2) is 5.65 Å². The molecule has 0 aliphatic carbocycles. The van der Waals surface area contributed by atoms with Gasteiger partial charge in [-0.2, -0.15) is 19.9 Å². The summed E-state index contributed by atoms with van der Waals surface area (Å²) in [5, 5.41) is 12.4. The van der Waals surface area contributed by atoms with Gasteiger partial charge in [-0.1, -0.05) is 35.9 Å². The number of nitrogens with one attached hydrogen (secondary N) is 2. The number of carbonyl (C=O) groups is 1. The first kappa shape index (κ1) is 20.7. The fourth-order valence-electron chi connectivity index (χ4n) is 3.57. The van der Waals surface area contributed by atoms with Gasteiger partial charge in [-0.05, 0) is 43.7 Å². The smallest absolute Gasteiger partial charge is 0.263 e. The maximum Gasteiger partial charge on any atom is 0.263 e. The molecule has 0 aliphatic rings. The third kappa shape index (κ3) is 3.79. The second kappa shape index (κ2) is 8.03. The van der Waals surface area contributed by atoms with E-state index in [-0.39, 0.29) is 17.4 Å². The number of aryl methyl sites for hydroxylation is 2. The van der Waals surface area contributed by atoms with Crippen LogP contribution in [0.3, 0.4) is 0 Å². The number of hydrogen-bond acceptors (Lipinski definition) is 5. The summed E-state index contributed by atoms with van der Waals surface area (Å²) in [5.74, 6) is 0.225. The number of rotatable bonds is 4. The maximum absolute atomic E-state index is 12.9. The van der Waals surface area contributed by atoms with Gasteiger partial charge in [0.25, 0.3) is 11.5 Å². The SMILES string of the molecule is Cc1cc(NC(=O)c2ccccc2C)n(-c2nc3c(cnn3-c3cccc(Cl)c3)c(=O)[nH]2)n1. The van der Waals surface area contributed by atoms with E-state index in [2.05, 4.69) is 25.5 Å². The molecule has 0 radical (unpaired) electrons. The fourth-order valence-corrected chi connectivity index (χ4v) is 3.75. The predicted octanol–water partition coefficient (Wildman–Crippen LogP) is 3.82. The number of H-pyrrole nitrogens is 1. The Labute approximate surface area is 192 Å². The van der Waals surface area contributed by atoms with E-state index in [4.69, 9.17) is 11.6 Å². The Hall–Kier alpha value is -4.24. The van der Waals surface area contributed by atoms with Gasteiger partial charge in [0.2, 0.25) is 5.95 Å². The number of amides is 1. The lowest BCUT2D eigenvalue weighted by molar-refractivity contribution is 0.102. The molecule has 2 N–H and O–H groups in total. The van der Waals surface area contributed by atoms with Crippen molar-refractivity contribution < 1.29 is 4.79 Å². The number of fused-ring (bicyclic) bond motifs is 1. The van der Waals surface area contributed by atoms with E-state index in [9.17, 15) is 9.59 Å². The van der Waals surface area contributed by atoms with E-state index in [1.807, 2.05) is 25.1 Å². The molecule has 33 heavy (non-hydrogen) atoms. The normalized spacial score (nSPS) is 11.1. The summed E-state index contributed by atoms with van der Waals surface area (Å²) < 4.78 is 2.92. The molecule has 0 bridgehead atoms. The van der Waals surface area contributed by atoms with Crippen LogP contribution in [-0.4, -0.2) is 35.4 Å². The number of carbonyl (C=O) groups excluding carboxylic acids is 1. The van der Waals surface area contributed by atoms with Crippen molar-refractivity contribution in [3.8, 4) is 11.6 Å². The zero-order valence-corrected chi connectivity index (χ0v) is 18.5. The molecule has 3 aromatic heterocycles. The number of aromatic nitrogens is 6.